The molecular weight excluding hydrogens is 454 g/mol. The molecule has 7 nitrogen and oxygen atoms in total. The van der Waals surface area contributed by atoms with Crippen LogP contribution in [0.15, 0.2) is 58.8 Å². The fourth-order valence-corrected chi connectivity index (χ4v) is 5.93. The van der Waals surface area contributed by atoms with Crippen molar-refractivity contribution >= 4 is 46.2 Å². The van der Waals surface area contributed by atoms with Gasteiger partial charge >= 0.3 is 0 Å². The molecule has 0 radical (unpaired) electrons. The summed E-state index contributed by atoms with van der Waals surface area (Å²) >= 11 is 7.67. The first kappa shape index (κ1) is 20.6. The van der Waals surface area contributed by atoms with Crippen molar-refractivity contribution in [2.24, 2.45) is 5.41 Å². The van der Waals surface area contributed by atoms with E-state index in [9.17, 15) is 0 Å². The Kier molecular flexibility index (Phi) is 5.07. The first-order valence-electron chi connectivity index (χ1n) is 11.0. The van der Waals surface area contributed by atoms with E-state index in [2.05, 4.69) is 37.0 Å². The lowest BCUT2D eigenvalue weighted by Gasteiger charge is -2.39. The summed E-state index contributed by atoms with van der Waals surface area (Å²) in [7, 11) is 0. The van der Waals surface area contributed by atoms with Crippen LogP contribution >= 0.6 is 23.4 Å². The van der Waals surface area contributed by atoms with Gasteiger partial charge in [-0.05, 0) is 60.9 Å². The molecule has 4 aromatic rings. The topological polar surface area (TPSA) is 93.7 Å². The summed E-state index contributed by atoms with van der Waals surface area (Å²) in [5, 5.41) is 1.33. The number of nitrogens with zero attached hydrogens (tertiary/aromatic N) is 6. The van der Waals surface area contributed by atoms with Gasteiger partial charge in [-0.15, -0.1) is 0 Å². The van der Waals surface area contributed by atoms with Crippen molar-refractivity contribution in [3.8, 4) is 0 Å². The lowest BCUT2D eigenvalue weighted by atomic mass is 9.76. The van der Waals surface area contributed by atoms with Gasteiger partial charge in [-0.1, -0.05) is 29.4 Å². The maximum Gasteiger partial charge on any atom is 0.179 e. The molecule has 0 saturated carbocycles. The third kappa shape index (κ3) is 3.98. The first-order valence-corrected chi connectivity index (χ1v) is 12.2. The predicted octanol–water partition coefficient (Wildman–Crippen LogP) is 4.59. The fraction of sp³-hybridized carbons (Fsp3) is 0.292. The SMILES string of the molecule is Nc1cc(Sc2ccc3nc(N4CCC5(CC4)Cc4cccnc4C5)cnc3n2)c(Cl)cn1. The number of piperidine rings is 1. The maximum atomic E-state index is 6.24. The van der Waals surface area contributed by atoms with Crippen molar-refractivity contribution < 1.29 is 0 Å². The highest BCUT2D eigenvalue weighted by Crippen LogP contribution is 2.44. The minimum Gasteiger partial charge on any atom is -0.384 e. The normalized spacial score (nSPS) is 16.9. The van der Waals surface area contributed by atoms with Crippen LogP contribution in [0.3, 0.4) is 0 Å². The largest absolute Gasteiger partial charge is 0.384 e. The smallest absolute Gasteiger partial charge is 0.179 e. The van der Waals surface area contributed by atoms with Crippen molar-refractivity contribution in [2.75, 3.05) is 23.7 Å². The van der Waals surface area contributed by atoms with Gasteiger partial charge < -0.3 is 10.6 Å². The van der Waals surface area contributed by atoms with E-state index < -0.39 is 0 Å². The van der Waals surface area contributed by atoms with Gasteiger partial charge in [0.1, 0.15) is 22.2 Å². The van der Waals surface area contributed by atoms with Gasteiger partial charge in [0, 0.05) is 36.1 Å². The highest BCUT2D eigenvalue weighted by molar-refractivity contribution is 7.99. The molecule has 166 valence electrons. The molecule has 9 heteroatoms. The number of rotatable bonds is 3. The van der Waals surface area contributed by atoms with Crippen LogP contribution in [0.2, 0.25) is 5.02 Å². The highest BCUT2D eigenvalue weighted by Gasteiger charge is 2.40. The molecule has 4 aromatic heterocycles. The molecular formula is C24H22ClN7S. The van der Waals surface area contributed by atoms with E-state index in [4.69, 9.17) is 22.3 Å². The van der Waals surface area contributed by atoms with Crippen molar-refractivity contribution in [3.63, 3.8) is 0 Å². The maximum absolute atomic E-state index is 6.24. The van der Waals surface area contributed by atoms with Gasteiger partial charge in [0.05, 0.1) is 11.2 Å². The Morgan fingerprint density at radius 3 is 2.73 bits per heavy atom. The molecule has 0 amide bonds. The summed E-state index contributed by atoms with van der Waals surface area (Å²) < 4.78 is 0. The first-order chi connectivity index (χ1) is 16.1. The molecule has 6 rings (SSSR count). The number of halogens is 1. The Hall–Kier alpha value is -2.97. The van der Waals surface area contributed by atoms with E-state index in [1.165, 1.54) is 23.0 Å². The van der Waals surface area contributed by atoms with Crippen LogP contribution in [-0.2, 0) is 12.8 Å². The second-order valence-electron chi connectivity index (χ2n) is 8.81. The second kappa shape index (κ2) is 8.11. The van der Waals surface area contributed by atoms with E-state index >= 15 is 0 Å². The van der Waals surface area contributed by atoms with Crippen LogP contribution in [-0.4, -0.2) is 38.0 Å². The molecule has 33 heavy (non-hydrogen) atoms. The molecule has 0 unspecified atom stereocenters. The number of fused-ring (bicyclic) bond motifs is 2. The zero-order valence-electron chi connectivity index (χ0n) is 17.9. The van der Waals surface area contributed by atoms with Crippen molar-refractivity contribution in [1.29, 1.82) is 0 Å². The minimum atomic E-state index is 0.350. The van der Waals surface area contributed by atoms with Gasteiger partial charge in [-0.3, -0.25) is 4.98 Å². The number of hydrogen-bond acceptors (Lipinski definition) is 8. The Morgan fingerprint density at radius 1 is 1.00 bits per heavy atom. The average Bonchev–Trinajstić information content (AvgIpc) is 3.19. The Labute approximate surface area is 200 Å². The Bertz CT molecular complexity index is 1330. The minimum absolute atomic E-state index is 0.350. The molecule has 1 fully saturated rings. The van der Waals surface area contributed by atoms with Crippen LogP contribution < -0.4 is 10.6 Å². The monoisotopic (exact) mass is 475 g/mol. The van der Waals surface area contributed by atoms with Gasteiger partial charge in [-0.2, -0.15) is 0 Å². The molecule has 1 aliphatic heterocycles. The molecule has 0 bridgehead atoms. The average molecular weight is 476 g/mol. The van der Waals surface area contributed by atoms with E-state index in [0.717, 1.165) is 60.0 Å². The van der Waals surface area contributed by atoms with E-state index in [-0.39, 0.29) is 0 Å². The van der Waals surface area contributed by atoms with Crippen molar-refractivity contribution in [2.45, 2.75) is 35.6 Å². The molecule has 1 aliphatic carbocycles. The summed E-state index contributed by atoms with van der Waals surface area (Å²) in [5.74, 6) is 1.34. The van der Waals surface area contributed by atoms with Crippen LogP contribution in [0.5, 0.6) is 0 Å². The van der Waals surface area contributed by atoms with Gasteiger partial charge in [-0.25, -0.2) is 19.9 Å². The standard InChI is InChI=1S/C24H22ClN7S/c25-16-13-28-20(26)10-19(16)33-22-4-3-17-23(31-22)29-14-21(30-17)32-8-5-24(6-9-32)11-15-2-1-7-27-18(15)12-24/h1-4,7,10,13-14H,5-6,8-9,11-12H2,(H2,26,28). The molecule has 0 aromatic carbocycles. The zero-order chi connectivity index (χ0) is 22.4. The molecule has 2 N–H and O–H groups in total. The third-order valence-corrected chi connectivity index (χ3v) is 8.07. The summed E-state index contributed by atoms with van der Waals surface area (Å²) in [4.78, 5) is 25.9. The van der Waals surface area contributed by atoms with Crippen LogP contribution in [0, 0.1) is 5.41 Å². The summed E-state index contributed by atoms with van der Waals surface area (Å²) in [6.45, 7) is 1.97. The van der Waals surface area contributed by atoms with Crippen LogP contribution in [0.4, 0.5) is 11.6 Å². The van der Waals surface area contributed by atoms with Gasteiger partial charge in [0.15, 0.2) is 5.65 Å². The summed E-state index contributed by atoms with van der Waals surface area (Å²) in [6, 6.07) is 9.93. The number of pyridine rings is 3. The number of nitrogen functional groups attached to an aromatic ring is 1. The quantitative estimate of drug-likeness (QED) is 0.460. The Balaban J connectivity index is 1.17. The van der Waals surface area contributed by atoms with Crippen molar-refractivity contribution in [1.82, 2.24) is 24.9 Å². The zero-order valence-corrected chi connectivity index (χ0v) is 19.5. The van der Waals surface area contributed by atoms with E-state index in [1.54, 1.807) is 12.3 Å². The summed E-state index contributed by atoms with van der Waals surface area (Å²) in [5.41, 5.74) is 10.2. The Morgan fingerprint density at radius 2 is 1.88 bits per heavy atom. The molecule has 5 heterocycles. The molecule has 1 spiro atoms. The molecule has 1 saturated heterocycles. The van der Waals surface area contributed by atoms with Gasteiger partial charge in [0.2, 0.25) is 0 Å². The summed E-state index contributed by atoms with van der Waals surface area (Å²) in [6.07, 6.45) is 9.83. The third-order valence-electron chi connectivity index (χ3n) is 6.66. The van der Waals surface area contributed by atoms with Crippen LogP contribution in [0.25, 0.3) is 11.2 Å². The number of aromatic nitrogens is 5. The predicted molar refractivity (Wildman–Crippen MR) is 131 cm³/mol. The number of nitrogens with two attached hydrogens (primary N) is 1. The lowest BCUT2D eigenvalue weighted by molar-refractivity contribution is 0.231. The van der Waals surface area contributed by atoms with Crippen molar-refractivity contribution in [3.05, 3.63) is 65.2 Å². The number of anilines is 2. The van der Waals surface area contributed by atoms with Crippen LogP contribution in [0.1, 0.15) is 24.1 Å². The molecule has 0 atom stereocenters. The second-order valence-corrected chi connectivity index (χ2v) is 10.3. The van der Waals surface area contributed by atoms with E-state index in [1.807, 2.05) is 24.5 Å². The lowest BCUT2D eigenvalue weighted by Crippen LogP contribution is -2.41. The highest BCUT2D eigenvalue weighted by atomic mass is 35.5. The van der Waals surface area contributed by atoms with E-state index in [0.29, 0.717) is 21.9 Å². The number of hydrogen-bond donors (Lipinski definition) is 1. The molecule has 2 aliphatic rings. The van der Waals surface area contributed by atoms with Gasteiger partial charge in [0.25, 0.3) is 0 Å². The fourth-order valence-electron chi connectivity index (χ4n) is 4.89.